The fourth-order valence-corrected chi connectivity index (χ4v) is 10.7. The summed E-state index contributed by atoms with van der Waals surface area (Å²) in [6.45, 7) is 1.94. The topological polar surface area (TPSA) is 110 Å². The molecule has 2 fully saturated rings. The Hall–Kier alpha value is -6.28. The van der Waals surface area contributed by atoms with Crippen LogP contribution in [0.15, 0.2) is 110 Å². The van der Waals surface area contributed by atoms with Crippen molar-refractivity contribution in [1.82, 2.24) is 19.1 Å². The van der Waals surface area contributed by atoms with Crippen LogP contribution < -0.4 is 0 Å². The summed E-state index contributed by atoms with van der Waals surface area (Å²) in [6.07, 6.45) is 12.5. The van der Waals surface area contributed by atoms with Gasteiger partial charge in [-0.15, -0.1) is 0 Å². The zero-order valence-corrected chi connectivity index (χ0v) is 30.9. The summed E-state index contributed by atoms with van der Waals surface area (Å²) in [4.78, 5) is 58.5. The molecule has 4 atom stereocenters. The van der Waals surface area contributed by atoms with E-state index in [-0.39, 0.29) is 36.0 Å². The molecular weight excluding hydrogens is 697 g/mol. The first-order valence-electron chi connectivity index (χ1n) is 19.9. The first-order chi connectivity index (χ1) is 27.4. The van der Waals surface area contributed by atoms with Gasteiger partial charge in [0, 0.05) is 70.5 Å². The van der Waals surface area contributed by atoms with Crippen LogP contribution in [0, 0.1) is 0 Å². The summed E-state index contributed by atoms with van der Waals surface area (Å²) in [5, 5.41) is 4.34. The molecule has 2 aliphatic carbocycles. The quantitative estimate of drug-likeness (QED) is 0.176. The zero-order chi connectivity index (χ0) is 37.7. The van der Waals surface area contributed by atoms with Crippen LogP contribution in [-0.2, 0) is 45.1 Å². The second-order valence-electron chi connectivity index (χ2n) is 16.1. The number of H-pyrrole nitrogens is 2. The van der Waals surface area contributed by atoms with Gasteiger partial charge in [-0.2, -0.15) is 0 Å². The summed E-state index contributed by atoms with van der Waals surface area (Å²) in [5.41, 5.74) is 11.1. The molecule has 8 nitrogen and oxygen atoms in total. The number of aromatic amines is 2. The Morgan fingerprint density at radius 3 is 1.29 bits per heavy atom. The summed E-state index contributed by atoms with van der Waals surface area (Å²) >= 11 is 0. The molecule has 2 saturated carbocycles. The van der Waals surface area contributed by atoms with E-state index in [9.17, 15) is 19.2 Å². The van der Waals surface area contributed by atoms with Gasteiger partial charge in [-0.05, 0) is 71.2 Å². The highest BCUT2D eigenvalue weighted by Gasteiger charge is 2.47. The standard InChI is InChI=1S/2C24H20N2O2/c2*27-20-11-21(28)23(22(20)17-12-25-19-9-2-1-7-15(17)19)18-13-26-10-4-6-14-5-3-8-16(18)24(14)26/h2*1-3,5,7-9,12-13,22-23,25H,4,6,10-11H2/t2*22-,23-/m10/s1. The minimum absolute atomic E-state index is 0.0290. The Balaban J connectivity index is 0.000000130. The highest BCUT2D eigenvalue weighted by molar-refractivity contribution is 6.17. The van der Waals surface area contributed by atoms with Crippen molar-refractivity contribution in [2.45, 2.75) is 75.3 Å². The molecule has 4 aromatic carbocycles. The third-order valence-corrected chi connectivity index (χ3v) is 13.0. The van der Waals surface area contributed by atoms with Gasteiger partial charge in [0.2, 0.25) is 0 Å². The number of carbonyl (C=O) groups excluding carboxylic acids is 4. The minimum Gasteiger partial charge on any atom is -0.361 e. The highest BCUT2D eigenvalue weighted by atomic mass is 16.2. The Labute approximate surface area is 322 Å². The van der Waals surface area contributed by atoms with Gasteiger partial charge in [0.05, 0.1) is 47.5 Å². The molecule has 2 N–H and O–H groups in total. The highest BCUT2D eigenvalue weighted by Crippen LogP contribution is 2.48. The number of ketones is 4. The van der Waals surface area contributed by atoms with E-state index in [0.717, 1.165) is 93.6 Å². The molecule has 0 radical (unpaired) electrons. The fourth-order valence-electron chi connectivity index (χ4n) is 10.7. The van der Waals surface area contributed by atoms with Crippen molar-refractivity contribution in [2.24, 2.45) is 0 Å². The Bertz CT molecular complexity index is 2750. The van der Waals surface area contributed by atoms with E-state index < -0.39 is 23.7 Å². The first-order valence-corrected chi connectivity index (χ1v) is 19.9. The van der Waals surface area contributed by atoms with Gasteiger partial charge in [-0.1, -0.05) is 72.8 Å². The number of aromatic nitrogens is 4. The number of carbonyl (C=O) groups is 4. The Kier molecular flexibility index (Phi) is 7.46. The van der Waals surface area contributed by atoms with Gasteiger partial charge in [0.1, 0.15) is 23.1 Å². The fraction of sp³-hybridized carbons (Fsp3) is 0.250. The number of Topliss-reactive ketones (excluding diaryl/α,β-unsaturated/α-hetero) is 4. The van der Waals surface area contributed by atoms with Crippen LogP contribution >= 0.6 is 0 Å². The molecule has 4 aromatic heterocycles. The van der Waals surface area contributed by atoms with E-state index in [0.29, 0.717) is 0 Å². The predicted octanol–water partition coefficient (Wildman–Crippen LogP) is 8.96. The number of benzene rings is 4. The lowest BCUT2D eigenvalue weighted by Crippen LogP contribution is -2.14. The van der Waals surface area contributed by atoms with Gasteiger partial charge in [0.15, 0.2) is 0 Å². The van der Waals surface area contributed by atoms with Crippen LogP contribution in [0.5, 0.6) is 0 Å². The van der Waals surface area contributed by atoms with E-state index in [1.807, 2.05) is 60.9 Å². The van der Waals surface area contributed by atoms with Crippen molar-refractivity contribution in [3.05, 3.63) is 143 Å². The largest absolute Gasteiger partial charge is 0.361 e. The van der Waals surface area contributed by atoms with Crippen LogP contribution in [0.3, 0.4) is 0 Å². The lowest BCUT2D eigenvalue weighted by atomic mass is 9.83. The predicted molar refractivity (Wildman–Crippen MR) is 217 cm³/mol. The molecule has 6 heterocycles. The molecule has 0 saturated heterocycles. The maximum Gasteiger partial charge on any atom is 0.148 e. The second-order valence-corrected chi connectivity index (χ2v) is 16.1. The van der Waals surface area contributed by atoms with Gasteiger partial charge < -0.3 is 19.1 Å². The lowest BCUT2D eigenvalue weighted by molar-refractivity contribution is -0.123. The van der Waals surface area contributed by atoms with Gasteiger partial charge in [-0.3, -0.25) is 19.2 Å². The Morgan fingerprint density at radius 1 is 0.446 bits per heavy atom. The van der Waals surface area contributed by atoms with Crippen LogP contribution in [0.2, 0.25) is 0 Å². The smallest absolute Gasteiger partial charge is 0.148 e. The minimum atomic E-state index is -0.410. The van der Waals surface area contributed by atoms with Crippen LogP contribution in [0.4, 0.5) is 0 Å². The molecule has 0 unspecified atom stereocenters. The van der Waals surface area contributed by atoms with Crippen molar-refractivity contribution in [3.63, 3.8) is 0 Å². The summed E-state index contributed by atoms with van der Waals surface area (Å²) in [7, 11) is 0. The van der Waals surface area contributed by atoms with E-state index in [4.69, 9.17) is 0 Å². The van der Waals surface area contributed by atoms with Gasteiger partial charge in [-0.25, -0.2) is 0 Å². The zero-order valence-electron chi connectivity index (χ0n) is 30.9. The number of nitrogens with zero attached hydrogens (tertiary/aromatic N) is 2. The van der Waals surface area contributed by atoms with Crippen molar-refractivity contribution in [3.8, 4) is 0 Å². The monoisotopic (exact) mass is 736 g/mol. The van der Waals surface area contributed by atoms with Crippen LogP contribution in [0.25, 0.3) is 43.6 Å². The van der Waals surface area contributed by atoms with Crippen LogP contribution in [-0.4, -0.2) is 42.2 Å². The van der Waals surface area contributed by atoms with Crippen molar-refractivity contribution in [1.29, 1.82) is 0 Å². The van der Waals surface area contributed by atoms with Gasteiger partial charge >= 0.3 is 0 Å². The molecule has 12 rings (SSSR count). The number of aryl methyl sites for hydroxylation is 4. The average Bonchev–Trinajstić information content (AvgIpc) is 4.07. The SMILES string of the molecule is O=C1CC(=O)[C@@H](c2cn3c4c(cccc24)CCC3)[C@@H]1c1c[nH]c2ccccc12.O=C1CC(=O)[C@H](c2cn3c4c(cccc24)CCC3)[C@H]1c1c[nH]c2ccccc12. The first kappa shape index (κ1) is 33.1. The van der Waals surface area contributed by atoms with E-state index in [1.165, 1.54) is 22.2 Å². The van der Waals surface area contributed by atoms with E-state index in [2.05, 4.69) is 67.9 Å². The summed E-state index contributed by atoms with van der Waals surface area (Å²) in [6, 6.07) is 28.8. The molecule has 276 valence electrons. The summed E-state index contributed by atoms with van der Waals surface area (Å²) < 4.78 is 4.57. The molecule has 0 amide bonds. The van der Waals surface area contributed by atoms with Crippen LogP contribution in [0.1, 0.15) is 82.7 Å². The van der Waals surface area contributed by atoms with Crippen molar-refractivity contribution in [2.75, 3.05) is 0 Å². The maximum atomic E-state index is 13.0. The maximum absolute atomic E-state index is 13.0. The second kappa shape index (κ2) is 12.6. The number of hydrogen-bond acceptors (Lipinski definition) is 4. The molecule has 56 heavy (non-hydrogen) atoms. The molecule has 0 bridgehead atoms. The number of fused-ring (bicyclic) bond motifs is 2. The molecule has 4 aliphatic rings. The number of para-hydroxylation sites is 4. The summed E-state index contributed by atoms with van der Waals surface area (Å²) in [5.74, 6) is -1.46. The molecule has 8 aromatic rings. The molecule has 0 spiro atoms. The number of nitrogens with one attached hydrogen (secondary N) is 2. The molecule has 2 aliphatic heterocycles. The number of hydrogen-bond donors (Lipinski definition) is 2. The number of rotatable bonds is 4. The third kappa shape index (κ3) is 4.91. The molecular formula is C48H40N4O4. The average molecular weight is 737 g/mol. The van der Waals surface area contributed by atoms with Gasteiger partial charge in [0.25, 0.3) is 0 Å². The van der Waals surface area contributed by atoms with Crippen molar-refractivity contribution < 1.29 is 19.2 Å². The normalized spacial score (nSPS) is 21.9. The Morgan fingerprint density at radius 2 is 0.839 bits per heavy atom. The molecule has 8 heteroatoms. The lowest BCUT2D eigenvalue weighted by Gasteiger charge is -2.17. The van der Waals surface area contributed by atoms with E-state index >= 15 is 0 Å². The third-order valence-electron chi connectivity index (χ3n) is 13.0. The van der Waals surface area contributed by atoms with Crippen molar-refractivity contribution >= 4 is 66.7 Å². The van der Waals surface area contributed by atoms with E-state index in [1.54, 1.807) is 0 Å².